The van der Waals surface area contributed by atoms with Gasteiger partial charge in [-0.3, -0.25) is 0 Å². The fraction of sp³-hybridized carbons (Fsp3) is 0.667. The SMILES string of the molecule is CCC1OCCC1C(N)Cc1ccc(C(C)(C)C)cc1. The largest absolute Gasteiger partial charge is 0.378 e. The molecule has 3 atom stereocenters. The summed E-state index contributed by atoms with van der Waals surface area (Å²) in [6.45, 7) is 9.80. The van der Waals surface area contributed by atoms with E-state index in [1.165, 1.54) is 11.1 Å². The van der Waals surface area contributed by atoms with Crippen LogP contribution in [0.15, 0.2) is 24.3 Å². The van der Waals surface area contributed by atoms with Crippen molar-refractivity contribution < 1.29 is 4.74 Å². The van der Waals surface area contributed by atoms with Crippen molar-refractivity contribution in [1.29, 1.82) is 0 Å². The molecule has 112 valence electrons. The molecule has 1 fully saturated rings. The van der Waals surface area contributed by atoms with Crippen molar-refractivity contribution in [3.05, 3.63) is 35.4 Å². The van der Waals surface area contributed by atoms with Crippen LogP contribution in [-0.2, 0) is 16.6 Å². The summed E-state index contributed by atoms with van der Waals surface area (Å²) in [7, 11) is 0. The van der Waals surface area contributed by atoms with Gasteiger partial charge >= 0.3 is 0 Å². The molecule has 0 radical (unpaired) electrons. The Hall–Kier alpha value is -0.860. The van der Waals surface area contributed by atoms with Gasteiger partial charge in [-0.05, 0) is 35.8 Å². The van der Waals surface area contributed by atoms with Gasteiger partial charge in [-0.1, -0.05) is 52.0 Å². The lowest BCUT2D eigenvalue weighted by Crippen LogP contribution is -2.36. The molecule has 1 heterocycles. The second-order valence-electron chi connectivity index (χ2n) is 7.08. The highest BCUT2D eigenvalue weighted by Crippen LogP contribution is 2.28. The molecule has 2 rings (SSSR count). The molecule has 1 saturated heterocycles. The summed E-state index contributed by atoms with van der Waals surface area (Å²) >= 11 is 0. The lowest BCUT2D eigenvalue weighted by Gasteiger charge is -2.24. The maximum Gasteiger partial charge on any atom is 0.0616 e. The Balaban J connectivity index is 1.99. The van der Waals surface area contributed by atoms with E-state index in [-0.39, 0.29) is 11.5 Å². The van der Waals surface area contributed by atoms with Crippen LogP contribution >= 0.6 is 0 Å². The zero-order valence-corrected chi connectivity index (χ0v) is 13.4. The molecular weight excluding hydrogens is 246 g/mol. The Morgan fingerprint density at radius 2 is 1.90 bits per heavy atom. The van der Waals surface area contributed by atoms with Crippen LogP contribution in [0, 0.1) is 5.92 Å². The molecule has 0 bridgehead atoms. The first-order valence-electron chi connectivity index (χ1n) is 7.88. The van der Waals surface area contributed by atoms with Gasteiger partial charge in [-0.15, -0.1) is 0 Å². The molecule has 0 aromatic heterocycles. The van der Waals surface area contributed by atoms with Gasteiger partial charge in [0.25, 0.3) is 0 Å². The number of nitrogens with two attached hydrogens (primary N) is 1. The lowest BCUT2D eigenvalue weighted by atomic mass is 9.85. The molecule has 1 aliphatic heterocycles. The van der Waals surface area contributed by atoms with Gasteiger partial charge in [-0.2, -0.15) is 0 Å². The standard InChI is InChI=1S/C18H29NO/c1-5-17-15(10-11-20-17)16(19)12-13-6-8-14(9-7-13)18(2,3)4/h6-9,15-17H,5,10-12,19H2,1-4H3. The summed E-state index contributed by atoms with van der Waals surface area (Å²) in [6, 6.07) is 9.16. The Kier molecular flexibility index (Phi) is 4.87. The summed E-state index contributed by atoms with van der Waals surface area (Å²) in [5.74, 6) is 0.516. The third kappa shape index (κ3) is 3.62. The second-order valence-corrected chi connectivity index (χ2v) is 7.08. The molecule has 0 saturated carbocycles. The predicted octanol–water partition coefficient (Wildman–Crippen LogP) is 3.67. The molecular formula is C18H29NO. The first-order valence-corrected chi connectivity index (χ1v) is 7.88. The monoisotopic (exact) mass is 275 g/mol. The highest BCUT2D eigenvalue weighted by atomic mass is 16.5. The molecule has 0 amide bonds. The van der Waals surface area contributed by atoms with Crippen LogP contribution in [0.5, 0.6) is 0 Å². The lowest BCUT2D eigenvalue weighted by molar-refractivity contribution is 0.0814. The van der Waals surface area contributed by atoms with Gasteiger partial charge in [0, 0.05) is 18.6 Å². The van der Waals surface area contributed by atoms with E-state index in [9.17, 15) is 0 Å². The summed E-state index contributed by atoms with van der Waals surface area (Å²) in [5.41, 5.74) is 9.36. The number of hydrogen-bond acceptors (Lipinski definition) is 2. The summed E-state index contributed by atoms with van der Waals surface area (Å²) in [6.07, 6.45) is 3.49. The van der Waals surface area contributed by atoms with Crippen LogP contribution in [0.3, 0.4) is 0 Å². The first kappa shape index (κ1) is 15.5. The highest BCUT2D eigenvalue weighted by Gasteiger charge is 2.31. The van der Waals surface area contributed by atoms with E-state index in [1.54, 1.807) is 0 Å². The molecule has 3 unspecified atom stereocenters. The first-order chi connectivity index (χ1) is 9.41. The Morgan fingerprint density at radius 3 is 2.45 bits per heavy atom. The second kappa shape index (κ2) is 6.28. The van der Waals surface area contributed by atoms with E-state index >= 15 is 0 Å². The minimum atomic E-state index is 0.211. The Morgan fingerprint density at radius 1 is 1.25 bits per heavy atom. The van der Waals surface area contributed by atoms with Crippen LogP contribution in [0.25, 0.3) is 0 Å². The smallest absolute Gasteiger partial charge is 0.0616 e. The Bertz CT molecular complexity index is 418. The van der Waals surface area contributed by atoms with Gasteiger partial charge in [0.05, 0.1) is 6.10 Å². The summed E-state index contributed by atoms with van der Waals surface area (Å²) in [5, 5.41) is 0. The molecule has 2 heteroatoms. The molecule has 1 aromatic rings. The summed E-state index contributed by atoms with van der Waals surface area (Å²) < 4.78 is 5.76. The summed E-state index contributed by atoms with van der Waals surface area (Å²) in [4.78, 5) is 0. The molecule has 2 nitrogen and oxygen atoms in total. The van der Waals surface area contributed by atoms with Crippen molar-refractivity contribution in [3.8, 4) is 0 Å². The van der Waals surface area contributed by atoms with Crippen molar-refractivity contribution in [3.63, 3.8) is 0 Å². The van der Waals surface area contributed by atoms with Crippen molar-refractivity contribution >= 4 is 0 Å². The maximum absolute atomic E-state index is 6.42. The minimum Gasteiger partial charge on any atom is -0.378 e. The van der Waals surface area contributed by atoms with Gasteiger partial charge in [0.2, 0.25) is 0 Å². The number of rotatable bonds is 4. The quantitative estimate of drug-likeness (QED) is 0.910. The van der Waals surface area contributed by atoms with E-state index in [0.717, 1.165) is 25.9 Å². The van der Waals surface area contributed by atoms with Crippen molar-refractivity contribution in [1.82, 2.24) is 0 Å². The third-order valence-electron chi connectivity index (χ3n) is 4.50. The van der Waals surface area contributed by atoms with Crippen LogP contribution < -0.4 is 5.73 Å². The molecule has 20 heavy (non-hydrogen) atoms. The number of benzene rings is 1. The average Bonchev–Trinajstić information content (AvgIpc) is 2.86. The zero-order valence-electron chi connectivity index (χ0n) is 13.4. The van der Waals surface area contributed by atoms with Gasteiger partial charge in [-0.25, -0.2) is 0 Å². The normalized spacial score (nSPS) is 24.9. The average molecular weight is 275 g/mol. The van der Waals surface area contributed by atoms with Crippen LogP contribution in [0.4, 0.5) is 0 Å². The van der Waals surface area contributed by atoms with E-state index < -0.39 is 0 Å². The van der Waals surface area contributed by atoms with Crippen LogP contribution in [0.2, 0.25) is 0 Å². The minimum absolute atomic E-state index is 0.211. The van der Waals surface area contributed by atoms with Crippen molar-refractivity contribution in [2.24, 2.45) is 11.7 Å². The van der Waals surface area contributed by atoms with Crippen LogP contribution in [0.1, 0.15) is 51.7 Å². The van der Waals surface area contributed by atoms with E-state index in [1.807, 2.05) is 0 Å². The van der Waals surface area contributed by atoms with Crippen molar-refractivity contribution in [2.45, 2.75) is 64.5 Å². The van der Waals surface area contributed by atoms with Crippen LogP contribution in [-0.4, -0.2) is 18.8 Å². The van der Waals surface area contributed by atoms with Gasteiger partial charge in [0.1, 0.15) is 0 Å². The molecule has 2 N–H and O–H groups in total. The molecule has 0 aliphatic carbocycles. The zero-order chi connectivity index (χ0) is 14.8. The fourth-order valence-electron chi connectivity index (χ4n) is 3.14. The number of ether oxygens (including phenoxy) is 1. The van der Waals surface area contributed by atoms with Gasteiger partial charge in [0.15, 0.2) is 0 Å². The molecule has 1 aromatic carbocycles. The van der Waals surface area contributed by atoms with Crippen molar-refractivity contribution in [2.75, 3.05) is 6.61 Å². The maximum atomic E-state index is 6.42. The Labute approximate surface area is 123 Å². The van der Waals surface area contributed by atoms with Gasteiger partial charge < -0.3 is 10.5 Å². The molecule has 0 spiro atoms. The third-order valence-corrected chi connectivity index (χ3v) is 4.50. The van der Waals surface area contributed by atoms with E-state index in [2.05, 4.69) is 52.0 Å². The highest BCUT2D eigenvalue weighted by molar-refractivity contribution is 5.28. The molecule has 1 aliphatic rings. The number of hydrogen-bond donors (Lipinski definition) is 1. The van der Waals surface area contributed by atoms with E-state index in [0.29, 0.717) is 12.0 Å². The predicted molar refractivity (Wildman–Crippen MR) is 85.0 cm³/mol. The van der Waals surface area contributed by atoms with E-state index in [4.69, 9.17) is 10.5 Å². The topological polar surface area (TPSA) is 35.2 Å². The fourth-order valence-corrected chi connectivity index (χ4v) is 3.14.